The van der Waals surface area contributed by atoms with Crippen LogP contribution in [0.25, 0.3) is 0 Å². The van der Waals surface area contributed by atoms with Crippen LogP contribution < -0.4 is 0 Å². The lowest BCUT2D eigenvalue weighted by molar-refractivity contribution is 0.0703. The molecule has 0 bridgehead atoms. The Kier molecular flexibility index (Phi) is 5.96. The molecule has 168 valence electrons. The fourth-order valence-electron chi connectivity index (χ4n) is 5.39. The van der Waals surface area contributed by atoms with Crippen LogP contribution in [0.2, 0.25) is 0 Å². The highest BCUT2D eigenvalue weighted by Crippen LogP contribution is 2.26. The molecule has 6 heteroatoms. The van der Waals surface area contributed by atoms with Gasteiger partial charge in [0.05, 0.1) is 0 Å². The molecule has 5 nitrogen and oxygen atoms in total. The maximum atomic E-state index is 13.5. The fraction of sp³-hybridized carbons (Fsp3) is 0.462. The Morgan fingerprint density at radius 3 is 2.50 bits per heavy atom. The third-order valence-electron chi connectivity index (χ3n) is 7.13. The maximum Gasteiger partial charge on any atom is 0.254 e. The summed E-state index contributed by atoms with van der Waals surface area (Å²) in [5.41, 5.74) is 3.32. The average Bonchev–Trinajstić information content (AvgIpc) is 3.50. The molecule has 0 saturated carbocycles. The van der Waals surface area contributed by atoms with Gasteiger partial charge in [-0.3, -0.25) is 9.59 Å². The summed E-state index contributed by atoms with van der Waals surface area (Å²) in [5, 5.41) is 0. The van der Waals surface area contributed by atoms with Gasteiger partial charge in [-0.25, -0.2) is 4.39 Å². The molecule has 3 aliphatic rings. The van der Waals surface area contributed by atoms with Gasteiger partial charge < -0.3 is 14.7 Å². The summed E-state index contributed by atoms with van der Waals surface area (Å²) in [7, 11) is 0. The molecule has 2 aromatic carbocycles. The van der Waals surface area contributed by atoms with Gasteiger partial charge in [-0.15, -0.1) is 0 Å². The fourth-order valence-corrected chi connectivity index (χ4v) is 5.39. The highest BCUT2D eigenvalue weighted by atomic mass is 19.1. The average molecular weight is 436 g/mol. The largest absolute Gasteiger partial charge is 0.334 e. The Bertz CT molecular complexity index is 1020. The van der Waals surface area contributed by atoms with Crippen molar-refractivity contribution in [2.75, 3.05) is 32.7 Å². The van der Waals surface area contributed by atoms with Gasteiger partial charge in [0.25, 0.3) is 11.8 Å². The van der Waals surface area contributed by atoms with Crippen LogP contribution >= 0.6 is 0 Å². The summed E-state index contributed by atoms with van der Waals surface area (Å²) in [6, 6.07) is 12.1. The molecular weight excluding hydrogens is 405 g/mol. The molecule has 1 atom stereocenters. The Labute approximate surface area is 188 Å². The Hall–Kier alpha value is -2.73. The Morgan fingerprint density at radius 2 is 1.69 bits per heavy atom. The van der Waals surface area contributed by atoms with Crippen LogP contribution in [-0.2, 0) is 13.0 Å². The van der Waals surface area contributed by atoms with Crippen LogP contribution in [0.3, 0.4) is 0 Å². The molecule has 32 heavy (non-hydrogen) atoms. The van der Waals surface area contributed by atoms with Gasteiger partial charge in [-0.05, 0) is 86.7 Å². The molecule has 0 radical (unpaired) electrons. The maximum absolute atomic E-state index is 13.5. The molecule has 5 rings (SSSR count). The van der Waals surface area contributed by atoms with Crippen LogP contribution in [0, 0.1) is 5.82 Å². The third kappa shape index (κ3) is 4.29. The second-order valence-electron chi connectivity index (χ2n) is 9.27. The van der Waals surface area contributed by atoms with Gasteiger partial charge >= 0.3 is 0 Å². The molecule has 0 aromatic heterocycles. The molecular formula is C26H30FN3O2. The number of carbonyl (C=O) groups is 2. The van der Waals surface area contributed by atoms with Crippen molar-refractivity contribution in [3.05, 3.63) is 70.5 Å². The van der Waals surface area contributed by atoms with Crippen molar-refractivity contribution < 1.29 is 14.0 Å². The minimum atomic E-state index is -0.402. The standard InChI is InChI=1S/C26H30FN3O2/c27-23-6-3-5-20(16-23)25(31)29-14-10-19-15-21(8-9-22(19)17-29)26(32)30-13-4-7-24(30)18-28-11-1-2-12-28/h3,5-6,8-9,15-16,24H,1-2,4,7,10-14,17-18H2. The number of hydrogen-bond acceptors (Lipinski definition) is 3. The van der Waals surface area contributed by atoms with E-state index < -0.39 is 5.82 Å². The predicted octanol–water partition coefficient (Wildman–Crippen LogP) is 3.72. The van der Waals surface area contributed by atoms with Crippen LogP contribution in [0.5, 0.6) is 0 Å². The third-order valence-corrected chi connectivity index (χ3v) is 7.13. The lowest BCUT2D eigenvalue weighted by Gasteiger charge is -2.31. The number of halogens is 1. The summed E-state index contributed by atoms with van der Waals surface area (Å²) in [6.07, 6.45) is 5.40. The monoisotopic (exact) mass is 435 g/mol. The van der Waals surface area contributed by atoms with E-state index >= 15 is 0 Å². The van der Waals surface area contributed by atoms with E-state index in [1.165, 1.54) is 25.0 Å². The molecule has 2 aromatic rings. The quantitative estimate of drug-likeness (QED) is 0.735. The first-order valence-corrected chi connectivity index (χ1v) is 11.8. The molecule has 2 fully saturated rings. The lowest BCUT2D eigenvalue weighted by atomic mass is 9.96. The number of nitrogens with zero attached hydrogens (tertiary/aromatic N) is 3. The summed E-state index contributed by atoms with van der Waals surface area (Å²) in [4.78, 5) is 32.4. The first kappa shape index (κ1) is 21.1. The zero-order valence-corrected chi connectivity index (χ0v) is 18.4. The number of rotatable bonds is 4. The van der Waals surface area contributed by atoms with E-state index in [9.17, 15) is 14.0 Å². The molecule has 0 aliphatic carbocycles. The number of benzene rings is 2. The van der Waals surface area contributed by atoms with Crippen LogP contribution in [0.4, 0.5) is 4.39 Å². The van der Waals surface area contributed by atoms with Gasteiger partial charge in [-0.1, -0.05) is 12.1 Å². The lowest BCUT2D eigenvalue weighted by Crippen LogP contribution is -2.42. The van der Waals surface area contributed by atoms with Gasteiger partial charge in [0.1, 0.15) is 5.82 Å². The van der Waals surface area contributed by atoms with Crippen molar-refractivity contribution in [2.24, 2.45) is 0 Å². The Balaban J connectivity index is 1.27. The summed E-state index contributed by atoms with van der Waals surface area (Å²) >= 11 is 0. The summed E-state index contributed by atoms with van der Waals surface area (Å²) < 4.78 is 13.5. The zero-order chi connectivity index (χ0) is 22.1. The first-order chi connectivity index (χ1) is 15.6. The zero-order valence-electron chi connectivity index (χ0n) is 18.4. The van der Waals surface area contributed by atoms with Crippen LogP contribution in [0.15, 0.2) is 42.5 Å². The number of fused-ring (bicyclic) bond motifs is 1. The molecule has 3 heterocycles. The van der Waals surface area contributed by atoms with Crippen molar-refractivity contribution >= 4 is 11.8 Å². The molecule has 2 saturated heterocycles. The highest BCUT2D eigenvalue weighted by Gasteiger charge is 2.32. The van der Waals surface area contributed by atoms with E-state index in [1.807, 2.05) is 18.2 Å². The predicted molar refractivity (Wildman–Crippen MR) is 121 cm³/mol. The SMILES string of the molecule is O=C(c1cccc(F)c1)N1CCc2cc(C(=O)N3CCCC3CN3CCCC3)ccc2C1. The van der Waals surface area contributed by atoms with E-state index in [1.54, 1.807) is 17.0 Å². The topological polar surface area (TPSA) is 43.9 Å². The van der Waals surface area contributed by atoms with E-state index in [0.717, 1.165) is 55.7 Å². The van der Waals surface area contributed by atoms with E-state index in [0.29, 0.717) is 31.1 Å². The number of likely N-dealkylation sites (tertiary alicyclic amines) is 2. The molecule has 0 N–H and O–H groups in total. The molecule has 1 unspecified atom stereocenters. The minimum Gasteiger partial charge on any atom is -0.334 e. The summed E-state index contributed by atoms with van der Waals surface area (Å²) in [5.74, 6) is -0.425. The smallest absolute Gasteiger partial charge is 0.254 e. The minimum absolute atomic E-state index is 0.132. The van der Waals surface area contributed by atoms with E-state index in [2.05, 4.69) is 9.80 Å². The summed E-state index contributed by atoms with van der Waals surface area (Å²) in [6.45, 7) is 5.20. The number of carbonyl (C=O) groups excluding carboxylic acids is 2. The van der Waals surface area contributed by atoms with Gasteiger partial charge in [0, 0.05) is 43.3 Å². The highest BCUT2D eigenvalue weighted by molar-refractivity contribution is 5.95. The van der Waals surface area contributed by atoms with E-state index in [-0.39, 0.29) is 11.8 Å². The molecule has 0 spiro atoms. The van der Waals surface area contributed by atoms with Gasteiger partial charge in [0.2, 0.25) is 0 Å². The Morgan fingerprint density at radius 1 is 0.875 bits per heavy atom. The molecule has 3 aliphatic heterocycles. The van der Waals surface area contributed by atoms with Crippen LogP contribution in [0.1, 0.15) is 57.5 Å². The first-order valence-electron chi connectivity index (χ1n) is 11.8. The van der Waals surface area contributed by atoms with Gasteiger partial charge in [-0.2, -0.15) is 0 Å². The van der Waals surface area contributed by atoms with E-state index in [4.69, 9.17) is 0 Å². The van der Waals surface area contributed by atoms with Gasteiger partial charge in [0.15, 0.2) is 0 Å². The van der Waals surface area contributed by atoms with Crippen molar-refractivity contribution in [1.82, 2.24) is 14.7 Å². The normalized spacial score (nSPS) is 21.1. The second-order valence-corrected chi connectivity index (χ2v) is 9.27. The van der Waals surface area contributed by atoms with Crippen molar-refractivity contribution in [3.8, 4) is 0 Å². The number of hydrogen-bond donors (Lipinski definition) is 0. The molecule has 2 amide bonds. The van der Waals surface area contributed by atoms with Crippen LogP contribution in [-0.4, -0.2) is 65.3 Å². The van der Waals surface area contributed by atoms with Crippen molar-refractivity contribution in [2.45, 2.75) is 44.7 Å². The second kappa shape index (κ2) is 9.02. The van der Waals surface area contributed by atoms with Crippen molar-refractivity contribution in [3.63, 3.8) is 0 Å². The number of amides is 2. The van der Waals surface area contributed by atoms with Crippen molar-refractivity contribution in [1.29, 1.82) is 0 Å².